The Morgan fingerprint density at radius 3 is 2.88 bits per heavy atom. The summed E-state index contributed by atoms with van der Waals surface area (Å²) in [4.78, 5) is 0. The molecule has 0 fully saturated rings. The van der Waals surface area contributed by atoms with E-state index in [4.69, 9.17) is 0 Å². The van der Waals surface area contributed by atoms with Gasteiger partial charge in [0.2, 0.25) is 0 Å². The lowest BCUT2D eigenvalue weighted by Gasteiger charge is -2.24. The highest BCUT2D eigenvalue weighted by atomic mass is 15.0. The van der Waals surface area contributed by atoms with Crippen LogP contribution in [0.25, 0.3) is 0 Å². The first kappa shape index (κ1) is 12.2. The van der Waals surface area contributed by atoms with Gasteiger partial charge in [-0.3, -0.25) is 0 Å². The van der Waals surface area contributed by atoms with Gasteiger partial charge >= 0.3 is 0 Å². The van der Waals surface area contributed by atoms with Crippen molar-refractivity contribution in [2.45, 2.75) is 52.0 Å². The first-order valence-electron chi connectivity index (χ1n) is 6.62. The van der Waals surface area contributed by atoms with Crippen molar-refractivity contribution in [1.82, 2.24) is 0 Å². The molecule has 0 spiro atoms. The molecule has 1 heterocycles. The molecule has 2 atom stereocenters. The number of fused-ring (bicyclic) bond motifs is 1. The smallest absolute Gasteiger partial charge is 0.0416 e. The number of hydrogen-bond acceptors (Lipinski definition) is 1. The fourth-order valence-electron chi connectivity index (χ4n) is 2.67. The Bertz CT molecular complexity index is 433. The van der Waals surface area contributed by atoms with Crippen LogP contribution in [0.4, 0.5) is 5.69 Å². The predicted octanol–water partition coefficient (Wildman–Crippen LogP) is 4.50. The van der Waals surface area contributed by atoms with E-state index in [9.17, 15) is 0 Å². The minimum atomic E-state index is 0.244. The van der Waals surface area contributed by atoms with E-state index in [1.165, 1.54) is 23.2 Å². The molecule has 92 valence electrons. The number of hydrogen-bond donors (Lipinski definition) is 1. The van der Waals surface area contributed by atoms with Gasteiger partial charge in [-0.25, -0.2) is 0 Å². The van der Waals surface area contributed by atoms with Crippen LogP contribution in [0.1, 0.15) is 51.2 Å². The average molecular weight is 229 g/mol. The van der Waals surface area contributed by atoms with Crippen molar-refractivity contribution in [3.63, 3.8) is 0 Å². The molecule has 0 saturated heterocycles. The second-order valence-corrected chi connectivity index (χ2v) is 5.41. The maximum atomic E-state index is 3.73. The van der Waals surface area contributed by atoms with E-state index in [2.05, 4.69) is 63.4 Å². The van der Waals surface area contributed by atoms with Crippen molar-refractivity contribution in [2.24, 2.45) is 0 Å². The fraction of sp³-hybridized carbons (Fsp3) is 0.500. The van der Waals surface area contributed by atoms with Crippen molar-refractivity contribution in [3.8, 4) is 0 Å². The summed E-state index contributed by atoms with van der Waals surface area (Å²) in [6.45, 7) is 8.92. The highest BCUT2D eigenvalue weighted by Crippen LogP contribution is 2.39. The number of para-hydroxylation sites is 1. The van der Waals surface area contributed by atoms with Gasteiger partial charge in [0, 0.05) is 17.1 Å². The maximum absolute atomic E-state index is 3.73. The average Bonchev–Trinajstić information content (AvgIpc) is 2.66. The largest absolute Gasteiger partial charge is 0.379 e. The molecule has 1 heteroatoms. The summed E-state index contributed by atoms with van der Waals surface area (Å²) in [5, 5.41) is 3.73. The van der Waals surface area contributed by atoms with Gasteiger partial charge in [0.1, 0.15) is 0 Å². The van der Waals surface area contributed by atoms with Crippen LogP contribution < -0.4 is 5.32 Å². The summed E-state index contributed by atoms with van der Waals surface area (Å²) in [6.07, 6.45) is 6.71. The normalized spacial score (nSPS) is 24.7. The summed E-state index contributed by atoms with van der Waals surface area (Å²) in [5.41, 5.74) is 4.53. The second-order valence-electron chi connectivity index (χ2n) is 5.41. The van der Waals surface area contributed by atoms with E-state index in [0.29, 0.717) is 5.92 Å². The molecule has 1 N–H and O–H groups in total. The van der Waals surface area contributed by atoms with Gasteiger partial charge in [-0.05, 0) is 37.8 Å². The van der Waals surface area contributed by atoms with Crippen LogP contribution >= 0.6 is 0 Å². The highest BCUT2D eigenvalue weighted by Gasteiger charge is 2.32. The second kappa shape index (κ2) is 4.56. The Hall–Kier alpha value is -1.24. The Morgan fingerprint density at radius 2 is 2.24 bits per heavy atom. The molecule has 1 aliphatic rings. The van der Waals surface area contributed by atoms with E-state index in [1.54, 1.807) is 0 Å². The van der Waals surface area contributed by atoms with Gasteiger partial charge in [-0.2, -0.15) is 0 Å². The third-order valence-electron chi connectivity index (χ3n) is 3.94. The SMILES string of the molecule is CC=CC(C)c1cccc2c1NC(C)(CC)C2. The van der Waals surface area contributed by atoms with Crippen LogP contribution in [0.2, 0.25) is 0 Å². The molecular weight excluding hydrogens is 206 g/mol. The molecular formula is C16H23N. The van der Waals surface area contributed by atoms with Crippen molar-refractivity contribution in [1.29, 1.82) is 0 Å². The molecule has 0 aromatic heterocycles. The minimum absolute atomic E-state index is 0.244. The zero-order chi connectivity index (χ0) is 12.5. The Morgan fingerprint density at radius 1 is 1.47 bits per heavy atom. The Labute approximate surface area is 105 Å². The molecule has 1 aromatic rings. The molecule has 0 amide bonds. The third kappa shape index (κ3) is 2.24. The van der Waals surface area contributed by atoms with E-state index >= 15 is 0 Å². The minimum Gasteiger partial charge on any atom is -0.379 e. The van der Waals surface area contributed by atoms with Gasteiger partial charge < -0.3 is 5.32 Å². The number of benzene rings is 1. The lowest BCUT2D eigenvalue weighted by molar-refractivity contribution is 0.515. The summed E-state index contributed by atoms with van der Waals surface area (Å²) < 4.78 is 0. The molecule has 2 rings (SSSR count). The topological polar surface area (TPSA) is 12.0 Å². The summed E-state index contributed by atoms with van der Waals surface area (Å²) in [7, 11) is 0. The zero-order valence-corrected chi connectivity index (χ0v) is 11.4. The summed E-state index contributed by atoms with van der Waals surface area (Å²) in [6, 6.07) is 6.70. The zero-order valence-electron chi connectivity index (χ0n) is 11.4. The molecule has 1 nitrogen and oxygen atoms in total. The molecule has 1 aromatic carbocycles. The fourth-order valence-corrected chi connectivity index (χ4v) is 2.67. The molecule has 0 aliphatic carbocycles. The quantitative estimate of drug-likeness (QED) is 0.752. The number of rotatable bonds is 3. The Balaban J connectivity index is 2.38. The summed E-state index contributed by atoms with van der Waals surface area (Å²) in [5.74, 6) is 0.488. The van der Waals surface area contributed by atoms with Crippen LogP contribution in [-0.4, -0.2) is 5.54 Å². The lowest BCUT2D eigenvalue weighted by Crippen LogP contribution is -2.31. The van der Waals surface area contributed by atoms with Crippen LogP contribution in [0.3, 0.4) is 0 Å². The van der Waals surface area contributed by atoms with Gasteiger partial charge in [0.25, 0.3) is 0 Å². The predicted molar refractivity (Wildman–Crippen MR) is 75.7 cm³/mol. The van der Waals surface area contributed by atoms with Gasteiger partial charge in [0.05, 0.1) is 0 Å². The molecule has 2 unspecified atom stereocenters. The first-order chi connectivity index (χ1) is 8.09. The van der Waals surface area contributed by atoms with Crippen LogP contribution in [0.15, 0.2) is 30.4 Å². The highest BCUT2D eigenvalue weighted by molar-refractivity contribution is 5.65. The maximum Gasteiger partial charge on any atom is 0.0416 e. The van der Waals surface area contributed by atoms with Crippen molar-refractivity contribution in [3.05, 3.63) is 41.5 Å². The van der Waals surface area contributed by atoms with Gasteiger partial charge in [-0.15, -0.1) is 0 Å². The van der Waals surface area contributed by atoms with E-state index in [-0.39, 0.29) is 5.54 Å². The van der Waals surface area contributed by atoms with Gasteiger partial charge in [-0.1, -0.05) is 44.2 Å². The van der Waals surface area contributed by atoms with E-state index in [0.717, 1.165) is 6.42 Å². The van der Waals surface area contributed by atoms with Crippen molar-refractivity contribution in [2.75, 3.05) is 5.32 Å². The molecule has 1 aliphatic heterocycles. The summed E-state index contributed by atoms with van der Waals surface area (Å²) >= 11 is 0. The Kier molecular flexibility index (Phi) is 3.28. The standard InChI is InChI=1S/C16H23N/c1-5-8-12(3)14-10-7-9-13-11-16(4,6-2)17-15(13)14/h5,7-10,12,17H,6,11H2,1-4H3. The van der Waals surface area contributed by atoms with Crippen molar-refractivity contribution < 1.29 is 0 Å². The third-order valence-corrected chi connectivity index (χ3v) is 3.94. The van der Waals surface area contributed by atoms with Crippen molar-refractivity contribution >= 4 is 5.69 Å². The van der Waals surface area contributed by atoms with Crippen LogP contribution in [-0.2, 0) is 6.42 Å². The molecule has 0 radical (unpaired) electrons. The van der Waals surface area contributed by atoms with E-state index in [1.807, 2.05) is 0 Å². The molecule has 0 bridgehead atoms. The lowest BCUT2D eigenvalue weighted by atomic mass is 9.93. The number of nitrogens with one attached hydrogen (secondary N) is 1. The van der Waals surface area contributed by atoms with Crippen LogP contribution in [0, 0.1) is 0 Å². The molecule has 17 heavy (non-hydrogen) atoms. The first-order valence-corrected chi connectivity index (χ1v) is 6.62. The van der Waals surface area contributed by atoms with E-state index < -0.39 is 0 Å². The van der Waals surface area contributed by atoms with Crippen LogP contribution in [0.5, 0.6) is 0 Å². The number of allylic oxidation sites excluding steroid dienone is 2. The monoisotopic (exact) mass is 229 g/mol. The van der Waals surface area contributed by atoms with Gasteiger partial charge in [0.15, 0.2) is 0 Å². The molecule has 0 saturated carbocycles. The number of anilines is 1.